The molecule has 0 saturated heterocycles. The molecule has 6 aromatic rings. The summed E-state index contributed by atoms with van der Waals surface area (Å²) >= 11 is 0. The van der Waals surface area contributed by atoms with E-state index in [1.165, 1.54) is 44.7 Å². The quantitative estimate of drug-likeness (QED) is 0.167. The first-order valence-electron chi connectivity index (χ1n) is 14.1. The van der Waals surface area contributed by atoms with Crippen molar-refractivity contribution in [1.82, 2.24) is 0 Å². The maximum atomic E-state index is 2.53. The molecule has 7 rings (SSSR count). The zero-order valence-corrected chi connectivity index (χ0v) is 23.4. The molecule has 3 nitrogen and oxygen atoms in total. The number of para-hydroxylation sites is 2. The molecule has 196 valence electrons. The number of aryl methyl sites for hydroxylation is 2. The summed E-state index contributed by atoms with van der Waals surface area (Å²) in [6.07, 6.45) is 2.14. The first-order valence-corrected chi connectivity index (χ1v) is 14.1. The van der Waals surface area contributed by atoms with Crippen molar-refractivity contribution in [2.75, 3.05) is 9.62 Å². The number of pyridine rings is 1. The third kappa shape index (κ3) is 4.29. The second kappa shape index (κ2) is 10.5. The molecule has 0 N–H and O–H groups in total. The predicted molar refractivity (Wildman–Crippen MR) is 172 cm³/mol. The van der Waals surface area contributed by atoms with Crippen molar-refractivity contribution in [2.45, 2.75) is 6.92 Å². The Bertz CT molecular complexity index is 1760. The summed E-state index contributed by atoms with van der Waals surface area (Å²) in [4.78, 5) is 5.05. The molecule has 0 fully saturated rings. The van der Waals surface area contributed by atoms with Crippen LogP contribution in [-0.2, 0) is 7.05 Å². The Morgan fingerprint density at radius 1 is 0.537 bits per heavy atom. The van der Waals surface area contributed by atoms with Gasteiger partial charge in [-0.1, -0.05) is 115 Å². The number of aromatic nitrogens is 1. The Morgan fingerprint density at radius 2 is 1.10 bits per heavy atom. The van der Waals surface area contributed by atoms with Gasteiger partial charge in [0, 0.05) is 17.2 Å². The third-order valence-electron chi connectivity index (χ3n) is 8.05. The van der Waals surface area contributed by atoms with Gasteiger partial charge in [-0.05, 0) is 59.0 Å². The topological polar surface area (TPSA) is 10.4 Å². The van der Waals surface area contributed by atoms with Crippen molar-refractivity contribution in [1.29, 1.82) is 0 Å². The minimum absolute atomic E-state index is 0.145. The lowest BCUT2D eigenvalue weighted by Gasteiger charge is -2.28. The standard InChI is InChI=1S/C37H31BN3/c1-28-16-14-25-34-37(28)41(35-26-12-13-27-39(35)2)38(40(34)31-21-10-5-11-22-31)36-32(29-17-6-3-7-18-29)23-15-24-33(36)30-19-8-4-9-20-30/h3-27H,1-2H3/q+1. The van der Waals surface area contributed by atoms with Crippen molar-refractivity contribution in [3.8, 4) is 22.3 Å². The van der Waals surface area contributed by atoms with Gasteiger partial charge in [-0.2, -0.15) is 0 Å². The van der Waals surface area contributed by atoms with Crippen LogP contribution in [0.4, 0.5) is 22.9 Å². The molecule has 0 spiro atoms. The Balaban J connectivity index is 1.61. The lowest BCUT2D eigenvalue weighted by molar-refractivity contribution is -0.658. The van der Waals surface area contributed by atoms with Crippen molar-refractivity contribution in [2.24, 2.45) is 7.05 Å². The summed E-state index contributed by atoms with van der Waals surface area (Å²) in [6.45, 7) is 2.08. The molecule has 0 unspecified atom stereocenters. The molecule has 0 atom stereocenters. The molecular formula is C37H31BN3+. The fraction of sp³-hybridized carbons (Fsp3) is 0.0541. The normalized spacial score (nSPS) is 12.5. The van der Waals surface area contributed by atoms with Gasteiger partial charge in [0.1, 0.15) is 5.69 Å². The minimum atomic E-state index is -0.145. The van der Waals surface area contributed by atoms with E-state index >= 15 is 0 Å². The summed E-state index contributed by atoms with van der Waals surface area (Å²) in [7, 11) is 2.14. The van der Waals surface area contributed by atoms with Crippen LogP contribution < -0.4 is 19.7 Å². The highest BCUT2D eigenvalue weighted by Crippen LogP contribution is 2.48. The van der Waals surface area contributed by atoms with Gasteiger partial charge in [0.25, 0.3) is 5.82 Å². The number of rotatable bonds is 5. The molecular weight excluding hydrogens is 497 g/mol. The maximum absolute atomic E-state index is 2.53. The molecule has 1 aliphatic rings. The Hall–Kier alpha value is -5.09. The Kier molecular flexibility index (Phi) is 6.37. The van der Waals surface area contributed by atoms with E-state index in [0.717, 1.165) is 11.5 Å². The van der Waals surface area contributed by atoms with E-state index in [2.05, 4.69) is 180 Å². The summed E-state index contributed by atoms with van der Waals surface area (Å²) in [6, 6.07) is 52.3. The van der Waals surface area contributed by atoms with Crippen LogP contribution in [0.15, 0.2) is 152 Å². The van der Waals surface area contributed by atoms with Crippen LogP contribution in [0.5, 0.6) is 0 Å². The maximum Gasteiger partial charge on any atom is 0.543 e. The Morgan fingerprint density at radius 3 is 1.71 bits per heavy atom. The highest BCUT2D eigenvalue weighted by Gasteiger charge is 2.53. The van der Waals surface area contributed by atoms with Gasteiger partial charge in [0.15, 0.2) is 0 Å². The zero-order chi connectivity index (χ0) is 27.8. The van der Waals surface area contributed by atoms with E-state index in [1.54, 1.807) is 0 Å². The predicted octanol–water partition coefficient (Wildman–Crippen LogP) is 7.84. The van der Waals surface area contributed by atoms with E-state index in [9.17, 15) is 0 Å². The van der Waals surface area contributed by atoms with E-state index in [4.69, 9.17) is 0 Å². The molecule has 1 aliphatic heterocycles. The minimum Gasteiger partial charge on any atom is -0.336 e. The number of benzene rings is 5. The second-order valence-electron chi connectivity index (χ2n) is 10.6. The molecule has 0 saturated carbocycles. The molecule has 0 radical (unpaired) electrons. The first kappa shape index (κ1) is 24.9. The summed E-state index contributed by atoms with van der Waals surface area (Å²) in [5.74, 6) is 1.13. The molecule has 0 bridgehead atoms. The van der Waals surface area contributed by atoms with Crippen LogP contribution in [-0.4, -0.2) is 6.98 Å². The summed E-state index contributed by atoms with van der Waals surface area (Å²) in [5.41, 5.74) is 11.0. The molecule has 1 aromatic heterocycles. The van der Waals surface area contributed by atoms with E-state index < -0.39 is 0 Å². The van der Waals surface area contributed by atoms with Crippen molar-refractivity contribution in [3.63, 3.8) is 0 Å². The molecule has 41 heavy (non-hydrogen) atoms. The second-order valence-corrected chi connectivity index (χ2v) is 10.6. The highest BCUT2D eigenvalue weighted by atomic mass is 15.3. The fourth-order valence-corrected chi connectivity index (χ4v) is 6.23. The Labute approximate surface area is 242 Å². The van der Waals surface area contributed by atoms with Gasteiger partial charge in [-0.3, -0.25) is 4.81 Å². The zero-order valence-electron chi connectivity index (χ0n) is 23.4. The SMILES string of the molecule is Cc1cccc2c1N(c1cccc[n+]1C)B(c1c(-c3ccccc3)cccc1-c1ccccc1)N2c1ccccc1. The third-order valence-corrected chi connectivity index (χ3v) is 8.05. The number of hydrogen-bond donors (Lipinski definition) is 0. The van der Waals surface area contributed by atoms with E-state index in [-0.39, 0.29) is 6.98 Å². The van der Waals surface area contributed by atoms with Crippen LogP contribution in [0.3, 0.4) is 0 Å². The van der Waals surface area contributed by atoms with Gasteiger partial charge in [-0.25, -0.2) is 4.57 Å². The van der Waals surface area contributed by atoms with E-state index in [0.29, 0.717) is 0 Å². The van der Waals surface area contributed by atoms with Crippen LogP contribution in [0, 0.1) is 6.92 Å². The summed E-state index contributed by atoms with van der Waals surface area (Å²) < 4.78 is 2.23. The average molecular weight is 528 g/mol. The molecule has 5 aromatic carbocycles. The van der Waals surface area contributed by atoms with Crippen LogP contribution in [0.1, 0.15) is 5.56 Å². The number of nitrogens with zero attached hydrogens (tertiary/aromatic N) is 3. The summed E-state index contributed by atoms with van der Waals surface area (Å²) in [5, 5.41) is 0. The van der Waals surface area contributed by atoms with Gasteiger partial charge < -0.3 is 4.81 Å². The van der Waals surface area contributed by atoms with Gasteiger partial charge in [-0.15, -0.1) is 0 Å². The molecule has 0 aliphatic carbocycles. The smallest absolute Gasteiger partial charge is 0.336 e. The largest absolute Gasteiger partial charge is 0.543 e. The lowest BCUT2D eigenvalue weighted by atomic mass is 9.59. The monoisotopic (exact) mass is 528 g/mol. The fourth-order valence-electron chi connectivity index (χ4n) is 6.23. The van der Waals surface area contributed by atoms with Crippen molar-refractivity contribution in [3.05, 3.63) is 157 Å². The van der Waals surface area contributed by atoms with Crippen LogP contribution in [0.2, 0.25) is 0 Å². The van der Waals surface area contributed by atoms with Gasteiger partial charge >= 0.3 is 6.98 Å². The first-order chi connectivity index (χ1) is 20.2. The molecule has 0 amide bonds. The number of anilines is 4. The van der Waals surface area contributed by atoms with Gasteiger partial charge in [0.2, 0.25) is 0 Å². The number of hydrogen-bond acceptors (Lipinski definition) is 2. The van der Waals surface area contributed by atoms with E-state index in [1.807, 2.05) is 0 Å². The number of fused-ring (bicyclic) bond motifs is 1. The van der Waals surface area contributed by atoms with Crippen molar-refractivity contribution < 1.29 is 4.57 Å². The highest BCUT2D eigenvalue weighted by molar-refractivity contribution is 6.86. The van der Waals surface area contributed by atoms with Crippen molar-refractivity contribution >= 4 is 35.3 Å². The lowest BCUT2D eigenvalue weighted by Crippen LogP contribution is -2.57. The van der Waals surface area contributed by atoms with Crippen LogP contribution >= 0.6 is 0 Å². The molecule has 4 heteroatoms. The molecule has 2 heterocycles. The van der Waals surface area contributed by atoms with Gasteiger partial charge in [0.05, 0.1) is 18.9 Å². The average Bonchev–Trinajstić information content (AvgIpc) is 3.38. The van der Waals surface area contributed by atoms with Crippen LogP contribution in [0.25, 0.3) is 22.3 Å².